The Balaban J connectivity index is 2.54. The predicted octanol–water partition coefficient (Wildman–Crippen LogP) is 1.69. The summed E-state index contributed by atoms with van der Waals surface area (Å²) in [6.07, 6.45) is 1.67. The number of pyridine rings is 1. The van der Waals surface area contributed by atoms with Gasteiger partial charge < -0.3 is 15.7 Å². The summed E-state index contributed by atoms with van der Waals surface area (Å²) in [5.74, 6) is -1.05. The Morgan fingerprint density at radius 2 is 2.00 bits per heavy atom. The molecular weight excluding hydrogens is 258 g/mol. The van der Waals surface area contributed by atoms with Gasteiger partial charge in [-0.3, -0.25) is 4.98 Å². The van der Waals surface area contributed by atoms with Gasteiger partial charge in [0.1, 0.15) is 6.04 Å². The lowest BCUT2D eigenvalue weighted by molar-refractivity contribution is -0.141. The summed E-state index contributed by atoms with van der Waals surface area (Å²) in [6.45, 7) is 7.46. The van der Waals surface area contributed by atoms with Gasteiger partial charge in [-0.05, 0) is 24.0 Å². The third kappa shape index (κ3) is 4.87. The van der Waals surface area contributed by atoms with Crippen molar-refractivity contribution in [3.05, 3.63) is 29.6 Å². The summed E-state index contributed by atoms with van der Waals surface area (Å²) in [4.78, 5) is 27.0. The van der Waals surface area contributed by atoms with Crippen molar-refractivity contribution in [2.45, 2.75) is 40.3 Å². The quantitative estimate of drug-likeness (QED) is 0.782. The van der Waals surface area contributed by atoms with E-state index in [0.29, 0.717) is 6.54 Å². The molecule has 20 heavy (non-hydrogen) atoms. The Morgan fingerprint density at radius 1 is 1.35 bits per heavy atom. The minimum absolute atomic E-state index is 0.301. The number of carboxylic acid groups (broad SMARTS) is 1. The van der Waals surface area contributed by atoms with Gasteiger partial charge in [0.15, 0.2) is 0 Å². The first kappa shape index (κ1) is 15.9. The molecule has 1 atom stereocenters. The van der Waals surface area contributed by atoms with Crippen molar-refractivity contribution in [1.82, 2.24) is 15.6 Å². The first-order valence-electron chi connectivity index (χ1n) is 6.39. The molecule has 0 bridgehead atoms. The molecule has 1 aromatic rings. The third-order valence-electron chi connectivity index (χ3n) is 2.81. The molecule has 1 rings (SSSR count). The minimum atomic E-state index is -1.05. The van der Waals surface area contributed by atoms with E-state index in [4.69, 9.17) is 5.11 Å². The molecule has 6 nitrogen and oxygen atoms in total. The first-order valence-corrected chi connectivity index (χ1v) is 6.39. The maximum atomic E-state index is 11.7. The number of rotatable bonds is 4. The third-order valence-corrected chi connectivity index (χ3v) is 2.81. The van der Waals surface area contributed by atoms with Gasteiger partial charge in [0.2, 0.25) is 0 Å². The molecule has 1 aromatic heterocycles. The Bertz CT molecular complexity index is 477. The average Bonchev–Trinajstić information content (AvgIpc) is 2.33. The standard InChI is InChI=1S/C14H21N3O3/c1-9-5-6-10(7-15-9)8-16-13(20)17-11(12(18)19)14(2,3)4/h5-7,11H,8H2,1-4H3,(H,18,19)(H2,16,17,20)/t11-/m1/s1. The SMILES string of the molecule is Cc1ccc(CNC(=O)N[C@H](C(=O)O)C(C)(C)C)cn1. The lowest BCUT2D eigenvalue weighted by atomic mass is 9.87. The molecule has 0 aliphatic carbocycles. The number of nitrogens with one attached hydrogen (secondary N) is 2. The molecule has 1 heterocycles. The normalized spacial score (nSPS) is 12.6. The number of hydrogen-bond acceptors (Lipinski definition) is 3. The van der Waals surface area contributed by atoms with Gasteiger partial charge in [0, 0.05) is 18.4 Å². The maximum absolute atomic E-state index is 11.7. The van der Waals surface area contributed by atoms with Crippen LogP contribution in [0.3, 0.4) is 0 Å². The second-order valence-corrected chi connectivity index (χ2v) is 5.77. The van der Waals surface area contributed by atoms with E-state index in [-0.39, 0.29) is 0 Å². The molecule has 0 aliphatic heterocycles. The molecule has 6 heteroatoms. The van der Waals surface area contributed by atoms with Crippen molar-refractivity contribution in [3.63, 3.8) is 0 Å². The highest BCUT2D eigenvalue weighted by atomic mass is 16.4. The van der Waals surface area contributed by atoms with Crippen molar-refractivity contribution in [2.24, 2.45) is 5.41 Å². The number of amides is 2. The summed E-state index contributed by atoms with van der Waals surface area (Å²) in [6, 6.07) is 2.26. The van der Waals surface area contributed by atoms with E-state index in [0.717, 1.165) is 11.3 Å². The predicted molar refractivity (Wildman–Crippen MR) is 75.2 cm³/mol. The molecule has 0 aliphatic rings. The molecule has 0 saturated heterocycles. The number of aryl methyl sites for hydroxylation is 1. The largest absolute Gasteiger partial charge is 0.480 e. The van der Waals surface area contributed by atoms with Crippen molar-refractivity contribution >= 4 is 12.0 Å². The molecule has 0 saturated carbocycles. The molecule has 0 aromatic carbocycles. The van der Waals surface area contributed by atoms with Crippen LogP contribution in [0.1, 0.15) is 32.0 Å². The monoisotopic (exact) mass is 279 g/mol. The van der Waals surface area contributed by atoms with E-state index in [9.17, 15) is 9.59 Å². The molecular formula is C14H21N3O3. The van der Waals surface area contributed by atoms with Gasteiger partial charge in [-0.15, -0.1) is 0 Å². The second-order valence-electron chi connectivity index (χ2n) is 5.77. The van der Waals surface area contributed by atoms with Crippen LogP contribution in [-0.2, 0) is 11.3 Å². The molecule has 0 unspecified atom stereocenters. The molecule has 2 amide bonds. The average molecular weight is 279 g/mol. The lowest BCUT2D eigenvalue weighted by Gasteiger charge is -2.27. The van der Waals surface area contributed by atoms with Crippen LogP contribution < -0.4 is 10.6 Å². The fraction of sp³-hybridized carbons (Fsp3) is 0.500. The van der Waals surface area contributed by atoms with Crippen LogP contribution in [0.4, 0.5) is 4.79 Å². The summed E-state index contributed by atoms with van der Waals surface area (Å²) >= 11 is 0. The van der Waals surface area contributed by atoms with Crippen LogP contribution in [0.15, 0.2) is 18.3 Å². The minimum Gasteiger partial charge on any atom is -0.480 e. The number of carbonyl (C=O) groups excluding carboxylic acids is 1. The fourth-order valence-corrected chi connectivity index (χ4v) is 1.62. The number of aromatic nitrogens is 1. The van der Waals surface area contributed by atoms with Crippen LogP contribution in [-0.4, -0.2) is 28.1 Å². The number of carboxylic acids is 1. The molecule has 0 radical (unpaired) electrons. The zero-order chi connectivity index (χ0) is 15.3. The highest BCUT2D eigenvalue weighted by Crippen LogP contribution is 2.19. The number of carbonyl (C=O) groups is 2. The summed E-state index contributed by atoms with van der Waals surface area (Å²) in [5, 5.41) is 14.2. The first-order chi connectivity index (χ1) is 9.20. The van der Waals surface area contributed by atoms with Gasteiger partial charge in [-0.2, -0.15) is 0 Å². The molecule has 3 N–H and O–H groups in total. The van der Waals surface area contributed by atoms with E-state index >= 15 is 0 Å². The Labute approximate surface area is 118 Å². The van der Waals surface area contributed by atoms with Gasteiger partial charge in [0.25, 0.3) is 0 Å². The van der Waals surface area contributed by atoms with Crippen LogP contribution in [0.2, 0.25) is 0 Å². The fourth-order valence-electron chi connectivity index (χ4n) is 1.62. The highest BCUT2D eigenvalue weighted by Gasteiger charge is 2.32. The lowest BCUT2D eigenvalue weighted by Crippen LogP contribution is -2.52. The smallest absolute Gasteiger partial charge is 0.326 e. The van der Waals surface area contributed by atoms with E-state index in [1.807, 2.05) is 19.1 Å². The van der Waals surface area contributed by atoms with E-state index in [1.165, 1.54) is 0 Å². The van der Waals surface area contributed by atoms with Crippen LogP contribution in [0, 0.1) is 12.3 Å². The van der Waals surface area contributed by atoms with Gasteiger partial charge in [-0.1, -0.05) is 26.8 Å². The summed E-state index contributed by atoms with van der Waals surface area (Å²) < 4.78 is 0. The number of hydrogen-bond donors (Lipinski definition) is 3. The van der Waals surface area contributed by atoms with Gasteiger partial charge in [-0.25, -0.2) is 9.59 Å². The summed E-state index contributed by atoms with van der Waals surface area (Å²) in [7, 11) is 0. The summed E-state index contributed by atoms with van der Waals surface area (Å²) in [5.41, 5.74) is 1.19. The highest BCUT2D eigenvalue weighted by molar-refractivity contribution is 5.83. The van der Waals surface area contributed by atoms with Crippen molar-refractivity contribution in [2.75, 3.05) is 0 Å². The van der Waals surface area contributed by atoms with E-state index in [2.05, 4.69) is 15.6 Å². The van der Waals surface area contributed by atoms with Crippen LogP contribution in [0.25, 0.3) is 0 Å². The number of urea groups is 1. The van der Waals surface area contributed by atoms with E-state index < -0.39 is 23.5 Å². The Kier molecular flexibility index (Phi) is 5.07. The Hall–Kier alpha value is -2.11. The zero-order valence-corrected chi connectivity index (χ0v) is 12.2. The maximum Gasteiger partial charge on any atom is 0.326 e. The topological polar surface area (TPSA) is 91.3 Å². The number of aliphatic carboxylic acids is 1. The van der Waals surface area contributed by atoms with Crippen molar-refractivity contribution < 1.29 is 14.7 Å². The molecule has 110 valence electrons. The number of nitrogens with zero attached hydrogens (tertiary/aromatic N) is 1. The van der Waals surface area contributed by atoms with Gasteiger partial charge in [0.05, 0.1) is 0 Å². The molecule has 0 spiro atoms. The van der Waals surface area contributed by atoms with Crippen LogP contribution >= 0.6 is 0 Å². The van der Waals surface area contributed by atoms with Gasteiger partial charge >= 0.3 is 12.0 Å². The zero-order valence-electron chi connectivity index (χ0n) is 12.2. The Morgan fingerprint density at radius 3 is 2.45 bits per heavy atom. The van der Waals surface area contributed by atoms with Crippen molar-refractivity contribution in [1.29, 1.82) is 0 Å². The van der Waals surface area contributed by atoms with E-state index in [1.54, 1.807) is 27.0 Å². The second kappa shape index (κ2) is 6.36. The van der Waals surface area contributed by atoms with Crippen LogP contribution in [0.5, 0.6) is 0 Å². The van der Waals surface area contributed by atoms with Crippen molar-refractivity contribution in [3.8, 4) is 0 Å². The molecule has 0 fully saturated rings.